The highest BCUT2D eigenvalue weighted by atomic mass is 16.5. The lowest BCUT2D eigenvalue weighted by Gasteiger charge is -2.18. The minimum absolute atomic E-state index is 0.0142. The van der Waals surface area contributed by atoms with Crippen molar-refractivity contribution in [2.75, 3.05) is 19.7 Å². The molecule has 1 amide bonds. The zero-order chi connectivity index (χ0) is 21.2. The van der Waals surface area contributed by atoms with E-state index in [-0.39, 0.29) is 29.3 Å². The van der Waals surface area contributed by atoms with Crippen LogP contribution in [0.1, 0.15) is 44.1 Å². The largest absolute Gasteiger partial charge is 0.476 e. The van der Waals surface area contributed by atoms with E-state index in [0.717, 1.165) is 12.1 Å². The molecule has 0 radical (unpaired) electrons. The molecule has 8 nitrogen and oxygen atoms in total. The van der Waals surface area contributed by atoms with Crippen molar-refractivity contribution in [3.8, 4) is 5.88 Å². The molecule has 0 saturated carbocycles. The van der Waals surface area contributed by atoms with Crippen LogP contribution in [0, 0.1) is 19.8 Å². The van der Waals surface area contributed by atoms with Gasteiger partial charge in [0.15, 0.2) is 0 Å². The van der Waals surface area contributed by atoms with E-state index in [1.165, 1.54) is 10.9 Å². The van der Waals surface area contributed by atoms with Crippen LogP contribution in [0.2, 0.25) is 0 Å². The van der Waals surface area contributed by atoms with Gasteiger partial charge in [-0.05, 0) is 26.3 Å². The first kappa shape index (κ1) is 21.0. The molecule has 29 heavy (non-hydrogen) atoms. The van der Waals surface area contributed by atoms with E-state index < -0.39 is 0 Å². The van der Waals surface area contributed by atoms with Crippen molar-refractivity contribution in [1.29, 1.82) is 0 Å². The number of carbonyl (C=O) groups excluding carboxylic acids is 1. The van der Waals surface area contributed by atoms with E-state index in [9.17, 15) is 9.59 Å². The lowest BCUT2D eigenvalue weighted by Crippen LogP contribution is -2.36. The molecule has 1 saturated heterocycles. The Bertz CT molecular complexity index is 931. The summed E-state index contributed by atoms with van der Waals surface area (Å²) in [6, 6.07) is 3.77. The quantitative estimate of drug-likeness (QED) is 0.762. The minimum Gasteiger partial charge on any atom is -0.476 e. The van der Waals surface area contributed by atoms with Crippen LogP contribution in [-0.4, -0.2) is 50.3 Å². The van der Waals surface area contributed by atoms with E-state index in [2.05, 4.69) is 36.0 Å². The summed E-state index contributed by atoms with van der Waals surface area (Å²) in [5.74, 6) is 0.655. The van der Waals surface area contributed by atoms with Crippen molar-refractivity contribution < 1.29 is 9.53 Å². The Morgan fingerprint density at radius 2 is 2.00 bits per heavy atom. The molecular formula is C21H29N5O3. The number of nitrogens with zero attached hydrogens (tertiary/aromatic N) is 5. The van der Waals surface area contributed by atoms with Crippen molar-refractivity contribution in [3.63, 3.8) is 0 Å². The number of amides is 1. The van der Waals surface area contributed by atoms with Crippen LogP contribution < -0.4 is 10.3 Å². The number of hydrogen-bond donors (Lipinski definition) is 0. The van der Waals surface area contributed by atoms with Crippen LogP contribution in [-0.2, 0) is 16.8 Å². The number of likely N-dealkylation sites (tertiary alicyclic amines) is 1. The van der Waals surface area contributed by atoms with Crippen LogP contribution in [0.3, 0.4) is 0 Å². The summed E-state index contributed by atoms with van der Waals surface area (Å²) in [4.78, 5) is 30.8. The van der Waals surface area contributed by atoms with Gasteiger partial charge in [0.25, 0.3) is 5.56 Å². The number of ether oxygens (including phenoxy) is 1. The summed E-state index contributed by atoms with van der Waals surface area (Å²) in [7, 11) is 0. The Kier molecular flexibility index (Phi) is 6.00. The number of carbonyl (C=O) groups is 1. The molecule has 1 aliphatic rings. The number of hydrogen-bond acceptors (Lipinski definition) is 6. The zero-order valence-corrected chi connectivity index (χ0v) is 17.8. The van der Waals surface area contributed by atoms with Crippen molar-refractivity contribution in [2.45, 2.75) is 53.0 Å². The van der Waals surface area contributed by atoms with Crippen molar-refractivity contribution in [1.82, 2.24) is 24.6 Å². The molecule has 0 bridgehead atoms. The first-order valence-electron chi connectivity index (χ1n) is 9.92. The first-order chi connectivity index (χ1) is 13.6. The highest BCUT2D eigenvalue weighted by molar-refractivity contribution is 5.76. The monoisotopic (exact) mass is 399 g/mol. The van der Waals surface area contributed by atoms with Crippen LogP contribution in [0.15, 0.2) is 23.3 Å². The molecule has 1 unspecified atom stereocenters. The summed E-state index contributed by atoms with van der Waals surface area (Å²) in [5.41, 5.74) is 1.97. The fourth-order valence-electron chi connectivity index (χ4n) is 3.23. The second-order valence-electron chi connectivity index (χ2n) is 8.70. The predicted molar refractivity (Wildman–Crippen MR) is 109 cm³/mol. The molecule has 0 aromatic carbocycles. The molecule has 8 heteroatoms. The summed E-state index contributed by atoms with van der Waals surface area (Å²) in [6.07, 6.45) is 2.30. The Hall–Kier alpha value is -2.77. The molecule has 156 valence electrons. The number of aromatic nitrogens is 4. The van der Waals surface area contributed by atoms with E-state index in [1.807, 2.05) is 12.1 Å². The molecule has 3 rings (SSSR count). The fourth-order valence-corrected chi connectivity index (χ4v) is 3.23. The molecule has 1 fully saturated rings. The molecular weight excluding hydrogens is 370 g/mol. The Labute approximate surface area is 170 Å². The normalized spacial score (nSPS) is 16.9. The SMILES string of the molecule is Cc1ncn(CC(=O)N2CCC(COc3ccc(C(C)(C)C)nn3)C2)c(=O)c1C. The zero-order valence-electron chi connectivity index (χ0n) is 17.8. The molecule has 2 aromatic heterocycles. The number of rotatable bonds is 5. The third-order valence-corrected chi connectivity index (χ3v) is 5.33. The minimum atomic E-state index is -0.165. The van der Waals surface area contributed by atoms with Crippen molar-refractivity contribution >= 4 is 5.91 Å². The lowest BCUT2D eigenvalue weighted by molar-refractivity contribution is -0.131. The Morgan fingerprint density at radius 1 is 1.24 bits per heavy atom. The maximum Gasteiger partial charge on any atom is 0.256 e. The Morgan fingerprint density at radius 3 is 2.66 bits per heavy atom. The summed E-state index contributed by atoms with van der Waals surface area (Å²) in [6.45, 7) is 11.5. The lowest BCUT2D eigenvalue weighted by atomic mass is 9.92. The molecule has 2 aromatic rings. The summed E-state index contributed by atoms with van der Waals surface area (Å²) >= 11 is 0. The first-order valence-corrected chi connectivity index (χ1v) is 9.92. The molecule has 0 spiro atoms. The second kappa shape index (κ2) is 8.31. The van der Waals surface area contributed by atoms with E-state index in [1.54, 1.807) is 18.7 Å². The van der Waals surface area contributed by atoms with Gasteiger partial charge in [0, 0.05) is 41.7 Å². The van der Waals surface area contributed by atoms with Gasteiger partial charge in [-0.25, -0.2) is 4.98 Å². The summed E-state index contributed by atoms with van der Waals surface area (Å²) in [5, 5.41) is 8.37. The van der Waals surface area contributed by atoms with Gasteiger partial charge in [-0.15, -0.1) is 5.10 Å². The predicted octanol–water partition coefficient (Wildman–Crippen LogP) is 1.88. The Balaban J connectivity index is 1.52. The average molecular weight is 399 g/mol. The highest BCUT2D eigenvalue weighted by Gasteiger charge is 2.27. The third-order valence-electron chi connectivity index (χ3n) is 5.33. The maximum absolute atomic E-state index is 12.6. The van der Waals surface area contributed by atoms with Gasteiger partial charge in [0.1, 0.15) is 6.54 Å². The van der Waals surface area contributed by atoms with E-state index >= 15 is 0 Å². The summed E-state index contributed by atoms with van der Waals surface area (Å²) < 4.78 is 7.15. The van der Waals surface area contributed by atoms with Gasteiger partial charge in [0.05, 0.1) is 18.6 Å². The van der Waals surface area contributed by atoms with Gasteiger partial charge < -0.3 is 9.64 Å². The van der Waals surface area contributed by atoms with Crippen LogP contribution in [0.5, 0.6) is 5.88 Å². The highest BCUT2D eigenvalue weighted by Crippen LogP contribution is 2.21. The van der Waals surface area contributed by atoms with E-state index in [0.29, 0.717) is 36.8 Å². The molecule has 0 N–H and O–H groups in total. The molecule has 1 atom stereocenters. The van der Waals surface area contributed by atoms with Crippen LogP contribution >= 0.6 is 0 Å². The van der Waals surface area contributed by atoms with Crippen molar-refractivity contribution in [2.24, 2.45) is 5.92 Å². The van der Waals surface area contributed by atoms with Crippen LogP contribution in [0.4, 0.5) is 0 Å². The van der Waals surface area contributed by atoms with Gasteiger partial charge in [-0.2, -0.15) is 5.10 Å². The molecule has 1 aliphatic heterocycles. The van der Waals surface area contributed by atoms with Gasteiger partial charge in [-0.3, -0.25) is 14.2 Å². The van der Waals surface area contributed by atoms with Crippen LogP contribution in [0.25, 0.3) is 0 Å². The number of aryl methyl sites for hydroxylation is 1. The van der Waals surface area contributed by atoms with Gasteiger partial charge >= 0.3 is 0 Å². The average Bonchev–Trinajstić information content (AvgIpc) is 3.16. The fraction of sp³-hybridized carbons (Fsp3) is 0.571. The smallest absolute Gasteiger partial charge is 0.256 e. The topological polar surface area (TPSA) is 90.2 Å². The van der Waals surface area contributed by atoms with Crippen molar-refractivity contribution in [3.05, 3.63) is 45.8 Å². The van der Waals surface area contributed by atoms with Gasteiger partial charge in [-0.1, -0.05) is 20.8 Å². The molecule has 0 aliphatic carbocycles. The second-order valence-corrected chi connectivity index (χ2v) is 8.70. The van der Waals surface area contributed by atoms with E-state index in [4.69, 9.17) is 4.74 Å². The van der Waals surface area contributed by atoms with Gasteiger partial charge in [0.2, 0.25) is 11.8 Å². The standard InChI is InChI=1S/C21H29N5O3/c1-14-15(2)22-13-26(20(14)28)11-19(27)25-9-8-16(10-25)12-29-18-7-6-17(23-24-18)21(3,4)5/h6-7,13,16H,8-12H2,1-5H3. The third kappa shape index (κ3) is 4.99. The molecule has 3 heterocycles. The maximum atomic E-state index is 12.6.